The van der Waals surface area contributed by atoms with E-state index in [1.165, 1.54) is 5.56 Å². The molecule has 2 amide bonds. The monoisotopic (exact) mass is 807 g/mol. The highest BCUT2D eigenvalue weighted by Gasteiger charge is 2.74. The molecular formula is C51H45N5O5. The highest BCUT2D eigenvalue weighted by atomic mass is 16.6. The van der Waals surface area contributed by atoms with E-state index in [9.17, 15) is 9.90 Å². The molecule has 1 spiro atoms. The molecule has 61 heavy (non-hydrogen) atoms. The molecule has 3 aliphatic rings. The van der Waals surface area contributed by atoms with Gasteiger partial charge in [0.15, 0.2) is 0 Å². The second-order valence-electron chi connectivity index (χ2n) is 15.9. The number of fused-ring (bicyclic) bond motifs is 3. The Hall–Kier alpha value is -7.06. The molecule has 0 saturated carbocycles. The van der Waals surface area contributed by atoms with Gasteiger partial charge >= 0.3 is 5.97 Å². The average Bonchev–Trinajstić information content (AvgIpc) is 3.76. The molecule has 3 N–H and O–H groups in total. The maximum absolute atomic E-state index is 15.4. The third-order valence-corrected chi connectivity index (χ3v) is 12.1. The van der Waals surface area contributed by atoms with Crippen LogP contribution >= 0.6 is 0 Å². The van der Waals surface area contributed by atoms with Crippen LogP contribution < -0.4 is 10.6 Å². The van der Waals surface area contributed by atoms with Crippen LogP contribution in [0.15, 0.2) is 158 Å². The molecule has 10 heteroatoms. The summed E-state index contributed by atoms with van der Waals surface area (Å²) in [5.74, 6) is 3.95. The summed E-state index contributed by atoms with van der Waals surface area (Å²) in [6.07, 6.45) is 1.36. The number of amides is 2. The van der Waals surface area contributed by atoms with Crippen molar-refractivity contribution in [2.75, 3.05) is 25.5 Å². The summed E-state index contributed by atoms with van der Waals surface area (Å²) < 4.78 is 6.51. The Bertz CT molecular complexity index is 2600. The van der Waals surface area contributed by atoms with Crippen molar-refractivity contribution in [3.8, 4) is 17.6 Å². The van der Waals surface area contributed by atoms with E-state index in [1.54, 1.807) is 30.5 Å². The number of pyridine rings is 1. The lowest BCUT2D eigenvalue weighted by Gasteiger charge is -2.46. The standard InChI is InChI=1S/C51H45N5O5/c1-55(33-35-14-5-2-6-15-35)31-13-16-34-22-27-42-41(32-34)51(50(60)54-42)43(48(58)53-30-28-39-21-11-12-29-52-39)45-49(59)61-46(37-19-9-4-10-20-37)44(36-17-7-3-8-18-36)56(45)47(51)38-23-25-40(57)26-24-38/h2-12,14-15,17-27,29,32,43-47,57H,28,30-31,33H2,1H3,(H,53,58)(H,54,60). The highest BCUT2D eigenvalue weighted by Crippen LogP contribution is 2.64. The molecule has 9 rings (SSSR count). The van der Waals surface area contributed by atoms with Crippen LogP contribution in [0.1, 0.15) is 57.3 Å². The number of carbonyl (C=O) groups is 3. The number of morpholine rings is 1. The first kappa shape index (κ1) is 39.4. The van der Waals surface area contributed by atoms with Crippen LogP contribution in [-0.4, -0.2) is 63.9 Å². The summed E-state index contributed by atoms with van der Waals surface area (Å²) in [6, 6.07) is 44.7. The summed E-state index contributed by atoms with van der Waals surface area (Å²) >= 11 is 0. The minimum absolute atomic E-state index is 0.0436. The van der Waals surface area contributed by atoms with Gasteiger partial charge in [-0.3, -0.25) is 29.2 Å². The van der Waals surface area contributed by atoms with Gasteiger partial charge in [0, 0.05) is 42.7 Å². The molecule has 0 aliphatic carbocycles. The van der Waals surface area contributed by atoms with E-state index in [0.29, 0.717) is 35.3 Å². The predicted octanol–water partition coefficient (Wildman–Crippen LogP) is 6.90. The van der Waals surface area contributed by atoms with Crippen LogP contribution in [-0.2, 0) is 37.5 Å². The fraction of sp³-hybridized carbons (Fsp3) is 0.216. The molecule has 0 bridgehead atoms. The van der Waals surface area contributed by atoms with Gasteiger partial charge < -0.3 is 20.5 Å². The third kappa shape index (κ3) is 7.43. The van der Waals surface area contributed by atoms with Gasteiger partial charge in [0.05, 0.1) is 24.5 Å². The van der Waals surface area contributed by atoms with Crippen molar-refractivity contribution >= 4 is 23.5 Å². The average molecular weight is 808 g/mol. The number of cyclic esters (lactones) is 1. The summed E-state index contributed by atoms with van der Waals surface area (Å²) in [7, 11) is 2.01. The minimum atomic E-state index is -1.66. The van der Waals surface area contributed by atoms with Crippen molar-refractivity contribution in [2.24, 2.45) is 5.92 Å². The number of esters is 1. The summed E-state index contributed by atoms with van der Waals surface area (Å²) in [5.41, 5.74) is 4.35. The number of aromatic hydroxyl groups is 1. The predicted molar refractivity (Wildman–Crippen MR) is 232 cm³/mol. The van der Waals surface area contributed by atoms with Gasteiger partial charge in [-0.1, -0.05) is 121 Å². The largest absolute Gasteiger partial charge is 0.508 e. The molecule has 6 atom stereocenters. The van der Waals surface area contributed by atoms with Crippen molar-refractivity contribution in [1.29, 1.82) is 0 Å². The van der Waals surface area contributed by atoms with Crippen LogP contribution in [0.4, 0.5) is 5.69 Å². The van der Waals surface area contributed by atoms with Gasteiger partial charge in [-0.15, -0.1) is 0 Å². The summed E-state index contributed by atoms with van der Waals surface area (Å²) in [6.45, 7) is 1.44. The molecule has 6 unspecified atom stereocenters. The topological polar surface area (TPSA) is 124 Å². The van der Waals surface area contributed by atoms with Crippen LogP contribution in [0.3, 0.4) is 0 Å². The third-order valence-electron chi connectivity index (χ3n) is 12.1. The van der Waals surface area contributed by atoms with Gasteiger partial charge in [-0.05, 0) is 77.3 Å². The van der Waals surface area contributed by atoms with Gasteiger partial charge in [0.2, 0.25) is 11.8 Å². The number of hydrogen-bond donors (Lipinski definition) is 3. The van der Waals surface area contributed by atoms with Crippen molar-refractivity contribution < 1.29 is 24.2 Å². The number of nitrogens with zero attached hydrogens (tertiary/aromatic N) is 3. The first-order valence-electron chi connectivity index (χ1n) is 20.5. The number of phenols is 1. The van der Waals surface area contributed by atoms with E-state index in [0.717, 1.165) is 23.4 Å². The number of phenolic OH excluding ortho intramolecular Hbond substituents is 1. The smallest absolute Gasteiger partial charge is 0.324 e. The number of rotatable bonds is 10. The number of benzene rings is 5. The Morgan fingerprint density at radius 3 is 2.23 bits per heavy atom. The van der Waals surface area contributed by atoms with Gasteiger partial charge in [-0.2, -0.15) is 0 Å². The van der Waals surface area contributed by atoms with Crippen molar-refractivity contribution in [1.82, 2.24) is 20.1 Å². The maximum Gasteiger partial charge on any atom is 0.324 e. The Labute approximate surface area is 355 Å². The fourth-order valence-corrected chi connectivity index (χ4v) is 9.52. The van der Waals surface area contributed by atoms with Crippen molar-refractivity contribution in [2.45, 2.75) is 42.6 Å². The maximum atomic E-state index is 15.4. The summed E-state index contributed by atoms with van der Waals surface area (Å²) in [5, 5.41) is 16.8. The van der Waals surface area contributed by atoms with Crippen molar-refractivity contribution in [3.05, 3.63) is 197 Å². The van der Waals surface area contributed by atoms with Crippen LogP contribution in [0.5, 0.6) is 5.75 Å². The summed E-state index contributed by atoms with van der Waals surface area (Å²) in [4.78, 5) is 54.2. The molecule has 0 radical (unpaired) electrons. The zero-order valence-corrected chi connectivity index (χ0v) is 33.6. The van der Waals surface area contributed by atoms with Crippen LogP contribution in [0.2, 0.25) is 0 Å². The number of nitrogens with one attached hydrogen (secondary N) is 2. The fourth-order valence-electron chi connectivity index (χ4n) is 9.52. The van der Waals surface area contributed by atoms with E-state index < -0.39 is 53.3 Å². The number of ether oxygens (including phenoxy) is 1. The molecule has 1 aromatic heterocycles. The Morgan fingerprint density at radius 2 is 1.52 bits per heavy atom. The normalized spacial score (nSPS) is 22.8. The molecule has 2 saturated heterocycles. The van der Waals surface area contributed by atoms with Gasteiger partial charge in [0.25, 0.3) is 0 Å². The second kappa shape index (κ2) is 16.9. The number of anilines is 1. The first-order chi connectivity index (χ1) is 29.8. The van der Waals surface area contributed by atoms with Crippen LogP contribution in [0.25, 0.3) is 0 Å². The lowest BCUT2D eigenvalue weighted by atomic mass is 9.65. The first-order valence-corrected chi connectivity index (χ1v) is 20.5. The quantitative estimate of drug-likeness (QED) is 0.101. The SMILES string of the molecule is CN(CC#Cc1ccc2c(c1)C1(C(=O)N2)C(C(=O)NCCc2ccccn2)C2C(=O)OC(c3ccccc3)C(c3ccccc3)N2C1c1ccc(O)cc1)Cc1ccccc1. The molecule has 4 heterocycles. The molecule has 5 aromatic carbocycles. The number of hydrogen-bond acceptors (Lipinski definition) is 8. The van der Waals surface area contributed by atoms with E-state index in [-0.39, 0.29) is 12.3 Å². The van der Waals surface area contributed by atoms with Crippen LogP contribution in [0, 0.1) is 17.8 Å². The second-order valence-corrected chi connectivity index (χ2v) is 15.9. The van der Waals surface area contributed by atoms with Gasteiger partial charge in [-0.25, -0.2) is 0 Å². The molecule has 304 valence electrons. The Balaban J connectivity index is 1.21. The number of aromatic nitrogens is 1. The zero-order valence-electron chi connectivity index (χ0n) is 33.6. The van der Waals surface area contributed by atoms with E-state index in [1.807, 2.05) is 127 Å². The van der Waals surface area contributed by atoms with E-state index in [2.05, 4.69) is 44.5 Å². The zero-order chi connectivity index (χ0) is 41.9. The molecule has 2 fully saturated rings. The molecule has 10 nitrogen and oxygen atoms in total. The Morgan fingerprint density at radius 1 is 0.836 bits per heavy atom. The van der Waals surface area contributed by atoms with E-state index in [4.69, 9.17) is 4.74 Å². The molecular weight excluding hydrogens is 763 g/mol. The minimum Gasteiger partial charge on any atom is -0.508 e. The molecule has 6 aromatic rings. The number of carbonyl (C=O) groups excluding carboxylic acids is 3. The lowest BCUT2D eigenvalue weighted by molar-refractivity contribution is -0.178. The van der Waals surface area contributed by atoms with Gasteiger partial charge in [0.1, 0.15) is 23.3 Å². The van der Waals surface area contributed by atoms with E-state index >= 15 is 9.59 Å². The van der Waals surface area contributed by atoms with Crippen molar-refractivity contribution in [3.63, 3.8) is 0 Å². The lowest BCUT2D eigenvalue weighted by Crippen LogP contribution is -2.55. The molecule has 3 aliphatic heterocycles. The highest BCUT2D eigenvalue weighted by molar-refractivity contribution is 6.12. The Kier molecular flexibility index (Phi) is 10.9.